The zero-order valence-corrected chi connectivity index (χ0v) is 20.6. The molecule has 0 bridgehead atoms. The summed E-state index contributed by atoms with van der Waals surface area (Å²) in [6, 6.07) is 21.1. The van der Waals surface area contributed by atoms with Gasteiger partial charge in [-0.25, -0.2) is 8.42 Å². The van der Waals surface area contributed by atoms with E-state index in [9.17, 15) is 23.1 Å². The van der Waals surface area contributed by atoms with Crippen LogP contribution in [0.1, 0.15) is 30.8 Å². The highest BCUT2D eigenvalue weighted by atomic mass is 32.2. The Morgan fingerprint density at radius 1 is 0.944 bits per heavy atom. The molecule has 3 N–H and O–H groups in total. The second kappa shape index (κ2) is 10.3. The number of carboxylic acid groups (broad SMARTS) is 1. The van der Waals surface area contributed by atoms with Gasteiger partial charge in [0.15, 0.2) is 5.76 Å². The van der Waals surface area contributed by atoms with Gasteiger partial charge in [0.25, 0.3) is 5.91 Å². The van der Waals surface area contributed by atoms with Gasteiger partial charge in [-0.1, -0.05) is 62.7 Å². The van der Waals surface area contributed by atoms with Crippen molar-refractivity contribution >= 4 is 38.6 Å². The van der Waals surface area contributed by atoms with Crippen molar-refractivity contribution in [3.8, 4) is 11.1 Å². The SMILES string of the molecule is CCC(C)[C@@H](NS(=O)(=O)c1ccc(-c2ccc(NC(=O)c3cc4ccccc4o3)cc2)cc1)C(=O)O. The van der Waals surface area contributed by atoms with Crippen LogP contribution >= 0.6 is 0 Å². The molecule has 0 spiro atoms. The molecule has 1 aromatic heterocycles. The quantitative estimate of drug-likeness (QED) is 0.289. The van der Waals surface area contributed by atoms with Gasteiger partial charge >= 0.3 is 5.97 Å². The number of carbonyl (C=O) groups excluding carboxylic acids is 1. The maximum Gasteiger partial charge on any atom is 0.322 e. The molecule has 3 aromatic carbocycles. The maximum absolute atomic E-state index is 12.7. The Balaban J connectivity index is 1.45. The zero-order valence-electron chi connectivity index (χ0n) is 19.8. The van der Waals surface area contributed by atoms with E-state index in [1.807, 2.05) is 18.2 Å². The molecule has 0 saturated heterocycles. The fourth-order valence-corrected chi connectivity index (χ4v) is 5.04. The Kier molecular flexibility index (Phi) is 7.23. The fraction of sp³-hybridized carbons (Fsp3) is 0.185. The van der Waals surface area contributed by atoms with Crippen LogP contribution in [-0.4, -0.2) is 31.4 Å². The van der Waals surface area contributed by atoms with Gasteiger partial charge in [-0.15, -0.1) is 0 Å². The minimum atomic E-state index is -4.00. The highest BCUT2D eigenvalue weighted by molar-refractivity contribution is 7.89. The molecule has 0 saturated carbocycles. The van der Waals surface area contributed by atoms with Crippen molar-refractivity contribution in [2.45, 2.75) is 31.2 Å². The van der Waals surface area contributed by atoms with Gasteiger partial charge in [0.1, 0.15) is 11.6 Å². The molecule has 2 atom stereocenters. The van der Waals surface area contributed by atoms with Gasteiger partial charge < -0.3 is 14.8 Å². The second-order valence-electron chi connectivity index (χ2n) is 8.53. The third-order valence-corrected chi connectivity index (χ3v) is 7.51. The summed E-state index contributed by atoms with van der Waals surface area (Å²) in [6.07, 6.45) is 0.521. The first kappa shape index (κ1) is 25.2. The average Bonchev–Trinajstić information content (AvgIpc) is 3.32. The van der Waals surface area contributed by atoms with Crippen LogP contribution in [0.15, 0.2) is 88.2 Å². The molecule has 0 radical (unpaired) electrons. The van der Waals surface area contributed by atoms with Crippen LogP contribution in [0.25, 0.3) is 22.1 Å². The standard InChI is InChI=1S/C27H26N2O6S/c1-3-17(2)25(27(31)32)29-36(33,34)22-14-10-19(11-15-22)18-8-12-21(13-9-18)28-26(30)24-16-20-6-4-5-7-23(20)35-24/h4-17,25,29H,3H2,1-2H3,(H,28,30)(H,31,32)/t17?,25-/m1/s1. The first-order valence-electron chi connectivity index (χ1n) is 11.4. The molecule has 1 heterocycles. The Morgan fingerprint density at radius 3 is 2.14 bits per heavy atom. The van der Waals surface area contributed by atoms with E-state index in [0.29, 0.717) is 17.7 Å². The van der Waals surface area contributed by atoms with E-state index in [2.05, 4.69) is 10.0 Å². The van der Waals surface area contributed by atoms with Gasteiger partial charge in [0, 0.05) is 11.1 Å². The minimum Gasteiger partial charge on any atom is -0.480 e. The van der Waals surface area contributed by atoms with Gasteiger partial charge in [0.05, 0.1) is 4.90 Å². The largest absolute Gasteiger partial charge is 0.480 e. The summed E-state index contributed by atoms with van der Waals surface area (Å²) in [5, 5.41) is 13.0. The summed E-state index contributed by atoms with van der Waals surface area (Å²) in [6.45, 7) is 3.49. The second-order valence-corrected chi connectivity index (χ2v) is 10.2. The lowest BCUT2D eigenvalue weighted by molar-refractivity contribution is -0.140. The number of benzene rings is 3. The predicted octanol–water partition coefficient (Wildman–Crippen LogP) is 5.13. The van der Waals surface area contributed by atoms with Crippen molar-refractivity contribution < 1.29 is 27.5 Å². The molecule has 0 aliphatic carbocycles. The Labute approximate surface area is 209 Å². The maximum atomic E-state index is 12.7. The lowest BCUT2D eigenvalue weighted by Gasteiger charge is -2.20. The van der Waals surface area contributed by atoms with Crippen molar-refractivity contribution in [2.24, 2.45) is 5.92 Å². The molecular weight excluding hydrogens is 480 g/mol. The van der Waals surface area contributed by atoms with Crippen LogP contribution in [0, 0.1) is 5.92 Å². The first-order valence-corrected chi connectivity index (χ1v) is 12.9. The lowest BCUT2D eigenvalue weighted by Crippen LogP contribution is -2.44. The monoisotopic (exact) mass is 506 g/mol. The molecule has 1 amide bonds. The summed E-state index contributed by atoms with van der Waals surface area (Å²) in [5.41, 5.74) is 2.80. The van der Waals surface area contributed by atoms with E-state index in [1.54, 1.807) is 62.4 Å². The summed E-state index contributed by atoms with van der Waals surface area (Å²) >= 11 is 0. The molecule has 4 aromatic rings. The molecule has 0 aliphatic heterocycles. The molecule has 0 aliphatic rings. The van der Waals surface area contributed by atoms with Crippen LogP contribution < -0.4 is 10.0 Å². The number of carbonyl (C=O) groups is 2. The zero-order chi connectivity index (χ0) is 25.9. The first-order chi connectivity index (χ1) is 17.2. The number of anilines is 1. The van der Waals surface area contributed by atoms with Gasteiger partial charge in [-0.2, -0.15) is 4.72 Å². The number of carboxylic acids is 1. The molecule has 36 heavy (non-hydrogen) atoms. The number of para-hydroxylation sites is 1. The highest BCUT2D eigenvalue weighted by Crippen LogP contribution is 2.25. The third-order valence-electron chi connectivity index (χ3n) is 6.05. The number of nitrogens with one attached hydrogen (secondary N) is 2. The van der Waals surface area contributed by atoms with Crippen molar-refractivity contribution in [3.63, 3.8) is 0 Å². The van der Waals surface area contributed by atoms with Gasteiger partial charge in [-0.3, -0.25) is 9.59 Å². The van der Waals surface area contributed by atoms with Crippen molar-refractivity contribution in [3.05, 3.63) is 84.6 Å². The summed E-state index contributed by atoms with van der Waals surface area (Å²) < 4.78 is 33.3. The van der Waals surface area contributed by atoms with Gasteiger partial charge in [-0.05, 0) is 53.4 Å². The van der Waals surface area contributed by atoms with Crippen molar-refractivity contribution in [1.29, 1.82) is 0 Å². The molecular formula is C27H26N2O6S. The predicted molar refractivity (Wildman–Crippen MR) is 137 cm³/mol. The number of rotatable bonds is 9. The molecule has 4 rings (SSSR count). The van der Waals surface area contributed by atoms with E-state index in [0.717, 1.165) is 16.5 Å². The topological polar surface area (TPSA) is 126 Å². The Morgan fingerprint density at radius 2 is 1.56 bits per heavy atom. The molecule has 1 unspecified atom stereocenters. The number of sulfonamides is 1. The average molecular weight is 507 g/mol. The lowest BCUT2D eigenvalue weighted by atomic mass is 10.0. The third kappa shape index (κ3) is 5.48. The number of aliphatic carboxylic acids is 1. The number of fused-ring (bicyclic) bond motifs is 1. The smallest absolute Gasteiger partial charge is 0.322 e. The van der Waals surface area contributed by atoms with E-state index in [-0.39, 0.29) is 22.5 Å². The van der Waals surface area contributed by atoms with Crippen LogP contribution in [0.4, 0.5) is 5.69 Å². The summed E-state index contributed by atoms with van der Waals surface area (Å²) in [4.78, 5) is 24.0. The van der Waals surface area contributed by atoms with E-state index in [4.69, 9.17) is 4.42 Å². The molecule has 9 heteroatoms. The van der Waals surface area contributed by atoms with Crippen molar-refractivity contribution in [2.75, 3.05) is 5.32 Å². The number of hydrogen-bond donors (Lipinski definition) is 3. The number of hydrogen-bond acceptors (Lipinski definition) is 5. The summed E-state index contributed by atoms with van der Waals surface area (Å²) in [7, 11) is -4.00. The molecule has 8 nitrogen and oxygen atoms in total. The molecule has 0 fully saturated rings. The van der Waals surface area contributed by atoms with E-state index in [1.165, 1.54) is 12.1 Å². The van der Waals surface area contributed by atoms with E-state index < -0.39 is 22.0 Å². The van der Waals surface area contributed by atoms with Crippen LogP contribution in [-0.2, 0) is 14.8 Å². The Hall–Kier alpha value is -3.95. The van der Waals surface area contributed by atoms with Crippen molar-refractivity contribution in [1.82, 2.24) is 4.72 Å². The minimum absolute atomic E-state index is 0.0180. The van der Waals surface area contributed by atoms with Gasteiger partial charge in [0.2, 0.25) is 10.0 Å². The van der Waals surface area contributed by atoms with Crippen LogP contribution in [0.5, 0.6) is 0 Å². The van der Waals surface area contributed by atoms with Crippen LogP contribution in [0.3, 0.4) is 0 Å². The Bertz CT molecular complexity index is 1460. The van der Waals surface area contributed by atoms with E-state index >= 15 is 0 Å². The highest BCUT2D eigenvalue weighted by Gasteiger charge is 2.29. The molecule has 186 valence electrons. The van der Waals surface area contributed by atoms with Crippen LogP contribution in [0.2, 0.25) is 0 Å². The fourth-order valence-electron chi connectivity index (χ4n) is 3.74. The summed E-state index contributed by atoms with van der Waals surface area (Å²) in [5.74, 6) is -1.72. The number of furan rings is 1. The number of amides is 1. The normalized spacial score (nSPS) is 13.3.